The van der Waals surface area contributed by atoms with Crippen LogP contribution >= 0.6 is 0 Å². The summed E-state index contributed by atoms with van der Waals surface area (Å²) in [6.07, 6.45) is 4.60. The fraction of sp³-hybridized carbons (Fsp3) is 0.611. The highest BCUT2D eigenvalue weighted by Crippen LogP contribution is 2.31. The zero-order valence-electron chi connectivity index (χ0n) is 14.2. The average molecular weight is 318 g/mol. The minimum atomic E-state index is 0.0880. The van der Waals surface area contributed by atoms with E-state index in [4.69, 9.17) is 9.47 Å². The quantitative estimate of drug-likeness (QED) is 0.855. The first-order chi connectivity index (χ1) is 11.1. The lowest BCUT2D eigenvalue weighted by atomic mass is 10.0. The van der Waals surface area contributed by atoms with Gasteiger partial charge in [0.15, 0.2) is 0 Å². The smallest absolute Gasteiger partial charge is 0.254 e. The molecule has 1 aromatic rings. The normalized spacial score (nSPS) is 24.9. The molecule has 2 fully saturated rings. The lowest BCUT2D eigenvalue weighted by Crippen LogP contribution is -2.47. The number of nitrogens with zero attached hydrogens (tertiary/aromatic N) is 2. The van der Waals surface area contributed by atoms with Crippen LogP contribution in [0.4, 0.5) is 0 Å². The predicted molar refractivity (Wildman–Crippen MR) is 89.3 cm³/mol. The van der Waals surface area contributed by atoms with Gasteiger partial charge < -0.3 is 19.3 Å². The third kappa shape index (κ3) is 3.15. The van der Waals surface area contributed by atoms with Crippen LogP contribution in [0.25, 0.3) is 0 Å². The first kappa shape index (κ1) is 16.1. The Labute approximate surface area is 138 Å². The second-order valence-corrected chi connectivity index (χ2v) is 6.50. The molecule has 2 aliphatic heterocycles. The number of benzene rings is 1. The van der Waals surface area contributed by atoms with Crippen molar-refractivity contribution in [3.63, 3.8) is 0 Å². The summed E-state index contributed by atoms with van der Waals surface area (Å²) >= 11 is 0. The molecule has 2 aliphatic rings. The van der Waals surface area contributed by atoms with Crippen molar-refractivity contribution in [2.75, 3.05) is 34.4 Å². The van der Waals surface area contributed by atoms with Crippen LogP contribution in [-0.2, 0) is 0 Å². The molecule has 0 saturated carbocycles. The van der Waals surface area contributed by atoms with Crippen molar-refractivity contribution in [2.45, 2.75) is 37.8 Å². The number of carbonyl (C=O) groups is 1. The van der Waals surface area contributed by atoms with Gasteiger partial charge in [-0.1, -0.05) is 0 Å². The molecule has 0 unspecified atom stereocenters. The fourth-order valence-corrected chi connectivity index (χ4v) is 3.96. The monoisotopic (exact) mass is 318 g/mol. The molecule has 1 amide bonds. The Balaban J connectivity index is 1.84. The van der Waals surface area contributed by atoms with E-state index in [1.807, 2.05) is 0 Å². The lowest BCUT2D eigenvalue weighted by Gasteiger charge is -2.33. The summed E-state index contributed by atoms with van der Waals surface area (Å²) in [5, 5.41) is 0. The van der Waals surface area contributed by atoms with Gasteiger partial charge in [0.05, 0.1) is 14.2 Å². The number of likely N-dealkylation sites (N-methyl/N-ethyl adjacent to an activating group) is 1. The maximum absolute atomic E-state index is 13.1. The Morgan fingerprint density at radius 2 is 1.61 bits per heavy atom. The van der Waals surface area contributed by atoms with Gasteiger partial charge in [0.2, 0.25) is 0 Å². The molecule has 0 aliphatic carbocycles. The van der Waals surface area contributed by atoms with Gasteiger partial charge in [-0.3, -0.25) is 4.79 Å². The number of amides is 1. The summed E-state index contributed by atoms with van der Waals surface area (Å²) in [5.74, 6) is 1.40. The Kier molecular flexibility index (Phi) is 4.76. The van der Waals surface area contributed by atoms with Crippen molar-refractivity contribution in [3.8, 4) is 11.5 Å². The molecule has 0 radical (unpaired) electrons. The van der Waals surface area contributed by atoms with Crippen molar-refractivity contribution in [2.24, 2.45) is 0 Å². The Morgan fingerprint density at radius 1 is 1.00 bits per heavy atom. The molecule has 0 N–H and O–H groups in total. The molecule has 23 heavy (non-hydrogen) atoms. The number of hydrogen-bond donors (Lipinski definition) is 0. The van der Waals surface area contributed by atoms with E-state index in [0.717, 1.165) is 25.9 Å². The number of hydrogen-bond acceptors (Lipinski definition) is 4. The average Bonchev–Trinajstić information content (AvgIpc) is 3.21. The summed E-state index contributed by atoms with van der Waals surface area (Å²) < 4.78 is 10.6. The third-order valence-electron chi connectivity index (χ3n) is 5.18. The first-order valence-electron chi connectivity index (χ1n) is 8.38. The summed E-state index contributed by atoms with van der Waals surface area (Å²) in [6, 6.07) is 6.22. The Hall–Kier alpha value is -1.75. The molecule has 0 spiro atoms. The molecular formula is C18H26N2O3. The molecule has 0 aromatic heterocycles. The lowest BCUT2D eigenvalue weighted by molar-refractivity contribution is 0.0663. The van der Waals surface area contributed by atoms with Gasteiger partial charge in [-0.2, -0.15) is 0 Å². The molecule has 2 saturated heterocycles. The van der Waals surface area contributed by atoms with E-state index in [2.05, 4.69) is 16.8 Å². The van der Waals surface area contributed by atoms with E-state index in [0.29, 0.717) is 29.1 Å². The molecule has 3 rings (SSSR count). The molecular weight excluding hydrogens is 292 g/mol. The summed E-state index contributed by atoms with van der Waals surface area (Å²) in [7, 11) is 5.39. The SMILES string of the molecule is COc1cc(OC)cc(C(=O)N2CCC[C@H]2[C@@H]2CCCN2C)c1. The zero-order valence-corrected chi connectivity index (χ0v) is 14.2. The van der Waals surface area contributed by atoms with Crippen molar-refractivity contribution < 1.29 is 14.3 Å². The number of likely N-dealkylation sites (tertiary alicyclic amines) is 2. The molecule has 5 nitrogen and oxygen atoms in total. The largest absolute Gasteiger partial charge is 0.497 e. The van der Waals surface area contributed by atoms with Crippen molar-refractivity contribution in [1.29, 1.82) is 0 Å². The van der Waals surface area contributed by atoms with E-state index in [1.165, 1.54) is 12.8 Å². The maximum atomic E-state index is 13.1. The Bertz CT molecular complexity index is 553. The second kappa shape index (κ2) is 6.79. The molecule has 0 bridgehead atoms. The molecule has 2 atom stereocenters. The second-order valence-electron chi connectivity index (χ2n) is 6.50. The minimum Gasteiger partial charge on any atom is -0.497 e. The minimum absolute atomic E-state index is 0.0880. The number of carbonyl (C=O) groups excluding carboxylic acids is 1. The van der Waals surface area contributed by atoms with Crippen LogP contribution in [0.2, 0.25) is 0 Å². The van der Waals surface area contributed by atoms with E-state index in [9.17, 15) is 4.79 Å². The van der Waals surface area contributed by atoms with Gasteiger partial charge >= 0.3 is 0 Å². The summed E-state index contributed by atoms with van der Waals surface area (Å²) in [4.78, 5) is 17.5. The molecule has 5 heteroatoms. The van der Waals surface area contributed by atoms with Crippen molar-refractivity contribution in [3.05, 3.63) is 23.8 Å². The van der Waals surface area contributed by atoms with Gasteiger partial charge in [-0.15, -0.1) is 0 Å². The van der Waals surface area contributed by atoms with Crippen molar-refractivity contribution in [1.82, 2.24) is 9.80 Å². The van der Waals surface area contributed by atoms with Gasteiger partial charge in [0.1, 0.15) is 11.5 Å². The van der Waals surface area contributed by atoms with Crippen LogP contribution in [0, 0.1) is 0 Å². The number of rotatable bonds is 4. The van der Waals surface area contributed by atoms with Crippen LogP contribution in [0.15, 0.2) is 18.2 Å². The van der Waals surface area contributed by atoms with Crippen LogP contribution in [0.1, 0.15) is 36.0 Å². The van der Waals surface area contributed by atoms with Crippen LogP contribution < -0.4 is 9.47 Å². The third-order valence-corrected chi connectivity index (χ3v) is 5.18. The summed E-state index contributed by atoms with van der Waals surface area (Å²) in [6.45, 7) is 1.98. The van der Waals surface area contributed by atoms with Gasteiger partial charge in [-0.25, -0.2) is 0 Å². The summed E-state index contributed by atoms with van der Waals surface area (Å²) in [5.41, 5.74) is 0.647. The zero-order chi connectivity index (χ0) is 16.4. The van der Waals surface area contributed by atoms with Gasteiger partial charge in [0, 0.05) is 30.3 Å². The Morgan fingerprint density at radius 3 is 2.17 bits per heavy atom. The van der Waals surface area contributed by atoms with E-state index in [-0.39, 0.29) is 5.91 Å². The van der Waals surface area contributed by atoms with Crippen LogP contribution in [-0.4, -0.2) is 62.1 Å². The first-order valence-corrected chi connectivity index (χ1v) is 8.38. The molecule has 126 valence electrons. The molecule has 1 aromatic carbocycles. The van der Waals surface area contributed by atoms with Gasteiger partial charge in [0.25, 0.3) is 5.91 Å². The highest BCUT2D eigenvalue weighted by atomic mass is 16.5. The topological polar surface area (TPSA) is 42.0 Å². The predicted octanol–water partition coefficient (Wildman–Crippen LogP) is 2.40. The van der Waals surface area contributed by atoms with Crippen molar-refractivity contribution >= 4 is 5.91 Å². The van der Waals surface area contributed by atoms with Crippen LogP contribution in [0.3, 0.4) is 0 Å². The highest BCUT2D eigenvalue weighted by molar-refractivity contribution is 5.95. The van der Waals surface area contributed by atoms with Crippen LogP contribution in [0.5, 0.6) is 11.5 Å². The van der Waals surface area contributed by atoms with Gasteiger partial charge in [-0.05, 0) is 51.4 Å². The number of ether oxygens (including phenoxy) is 2. The standard InChI is InChI=1S/C18H26N2O3/c1-19-8-4-6-16(19)17-7-5-9-20(17)18(21)13-10-14(22-2)12-15(11-13)23-3/h10-12,16-17H,4-9H2,1-3H3/t16-,17-/m0/s1. The van der Waals surface area contributed by atoms with E-state index >= 15 is 0 Å². The van der Waals surface area contributed by atoms with E-state index < -0.39 is 0 Å². The highest BCUT2D eigenvalue weighted by Gasteiger charge is 2.38. The van der Waals surface area contributed by atoms with E-state index in [1.54, 1.807) is 32.4 Å². The number of methoxy groups -OCH3 is 2. The molecule has 2 heterocycles. The fourth-order valence-electron chi connectivity index (χ4n) is 3.96. The maximum Gasteiger partial charge on any atom is 0.254 e.